The SMILES string of the molecule is C=CCC=CCC(=O)OC(C(C)=C[C@@H](C)[C@H](O[Si](C)(C)C(C)(C)C)[C@H](C=C)OC)[C@H](C)C(=O)CCCC1CC(=O)NC(=O)C1. The number of esters is 1. The van der Waals surface area contributed by atoms with E-state index in [1.54, 1.807) is 32.3 Å². The molecule has 0 aromatic heterocycles. The summed E-state index contributed by atoms with van der Waals surface area (Å²) in [6, 6.07) is 0. The molecule has 5 atom stereocenters. The van der Waals surface area contributed by atoms with Crippen molar-refractivity contribution in [3.63, 3.8) is 0 Å². The van der Waals surface area contributed by atoms with Crippen molar-refractivity contribution in [2.45, 2.75) is 123 Å². The van der Waals surface area contributed by atoms with Crippen molar-refractivity contribution in [3.8, 4) is 0 Å². The number of hydrogen-bond acceptors (Lipinski definition) is 7. The highest BCUT2D eigenvalue weighted by atomic mass is 28.4. The Hall–Kier alpha value is -2.62. The normalized spacial score (nSPS) is 18.7. The molecule has 1 aliphatic rings. The Morgan fingerprint density at radius 3 is 2.23 bits per heavy atom. The molecular formula is C35H57NO7Si. The van der Waals surface area contributed by atoms with Gasteiger partial charge in [0, 0.05) is 32.3 Å². The van der Waals surface area contributed by atoms with Crippen molar-refractivity contribution in [2.24, 2.45) is 17.8 Å². The molecule has 0 saturated carbocycles. The number of methoxy groups -OCH3 is 1. The van der Waals surface area contributed by atoms with Crippen LogP contribution in [0.2, 0.25) is 18.1 Å². The van der Waals surface area contributed by atoms with Crippen LogP contribution < -0.4 is 5.32 Å². The number of ketones is 1. The minimum absolute atomic E-state index is 0.0178. The summed E-state index contributed by atoms with van der Waals surface area (Å²) in [5, 5.41) is 2.30. The molecule has 1 aliphatic heterocycles. The van der Waals surface area contributed by atoms with Crippen molar-refractivity contribution in [1.82, 2.24) is 5.32 Å². The second kappa shape index (κ2) is 18.4. The van der Waals surface area contributed by atoms with Gasteiger partial charge in [0.05, 0.1) is 18.4 Å². The third-order valence-electron chi connectivity index (χ3n) is 8.79. The Labute approximate surface area is 266 Å². The first-order chi connectivity index (χ1) is 20.5. The summed E-state index contributed by atoms with van der Waals surface area (Å²) in [6.07, 6.45) is 10.4. The Morgan fingerprint density at radius 1 is 1.09 bits per heavy atom. The van der Waals surface area contributed by atoms with Crippen molar-refractivity contribution < 1.29 is 33.1 Å². The van der Waals surface area contributed by atoms with Gasteiger partial charge >= 0.3 is 5.97 Å². The van der Waals surface area contributed by atoms with Crippen LogP contribution in [0.1, 0.15) is 86.5 Å². The molecule has 0 aromatic rings. The number of nitrogens with one attached hydrogen (secondary N) is 1. The summed E-state index contributed by atoms with van der Waals surface area (Å²) >= 11 is 0. The van der Waals surface area contributed by atoms with Crippen molar-refractivity contribution in [2.75, 3.05) is 7.11 Å². The summed E-state index contributed by atoms with van der Waals surface area (Å²) in [4.78, 5) is 49.8. The topological polar surface area (TPSA) is 108 Å². The number of ether oxygens (including phenoxy) is 2. The van der Waals surface area contributed by atoms with Gasteiger partial charge < -0.3 is 13.9 Å². The maximum absolute atomic E-state index is 13.4. The standard InChI is InChI=1S/C35H57NO7Si/c1-12-14-15-16-20-32(40)42-33(26(5)28(37)19-17-18-27-22-30(38)36-31(39)23-27)24(3)21-25(4)34(29(13-2)41-9)43-44(10,11)35(6,7)8/h12-13,15-16,21,25-27,29,33-34H,1-2,14,17-20,22-23H2,3-11H3,(H,36,38,39)/t25-,26-,29+,33?,34+/m1/s1. The van der Waals surface area contributed by atoms with Gasteiger partial charge in [-0.25, -0.2) is 0 Å². The van der Waals surface area contributed by atoms with Crippen LogP contribution in [0, 0.1) is 17.8 Å². The third-order valence-corrected chi connectivity index (χ3v) is 13.3. The van der Waals surface area contributed by atoms with Crippen LogP contribution in [0.3, 0.4) is 0 Å². The molecule has 0 radical (unpaired) electrons. The van der Waals surface area contributed by atoms with Crippen molar-refractivity contribution in [3.05, 3.63) is 49.1 Å². The zero-order valence-electron chi connectivity index (χ0n) is 28.6. The Bertz CT molecular complexity index is 1060. The van der Waals surface area contributed by atoms with Gasteiger partial charge in [-0.2, -0.15) is 0 Å². The molecule has 0 aliphatic carbocycles. The van der Waals surface area contributed by atoms with E-state index in [4.69, 9.17) is 13.9 Å². The fourth-order valence-electron chi connectivity index (χ4n) is 5.13. The molecule has 248 valence electrons. The summed E-state index contributed by atoms with van der Waals surface area (Å²) < 4.78 is 18.6. The van der Waals surface area contributed by atoms with E-state index in [0.29, 0.717) is 32.1 Å². The van der Waals surface area contributed by atoms with Gasteiger partial charge in [-0.15, -0.1) is 13.2 Å². The van der Waals surface area contributed by atoms with E-state index >= 15 is 0 Å². The lowest BCUT2D eigenvalue weighted by molar-refractivity contribution is -0.150. The highest BCUT2D eigenvalue weighted by Gasteiger charge is 2.42. The molecule has 8 nitrogen and oxygen atoms in total. The zero-order chi connectivity index (χ0) is 33.7. The smallest absolute Gasteiger partial charge is 0.310 e. The number of hydrogen-bond donors (Lipinski definition) is 1. The molecule has 1 unspecified atom stereocenters. The average molecular weight is 632 g/mol. The molecule has 1 rings (SSSR count). The van der Waals surface area contributed by atoms with Gasteiger partial charge in [-0.1, -0.05) is 65.0 Å². The van der Waals surface area contributed by atoms with Gasteiger partial charge in [0.25, 0.3) is 0 Å². The van der Waals surface area contributed by atoms with Crippen molar-refractivity contribution >= 4 is 31.9 Å². The molecule has 1 saturated heterocycles. The molecule has 9 heteroatoms. The maximum Gasteiger partial charge on any atom is 0.310 e. The second-order valence-corrected chi connectivity index (χ2v) is 18.3. The minimum Gasteiger partial charge on any atom is -0.457 e. The molecular weight excluding hydrogens is 574 g/mol. The lowest BCUT2D eigenvalue weighted by Gasteiger charge is -2.42. The number of carbonyl (C=O) groups excluding carboxylic acids is 4. The quantitative estimate of drug-likeness (QED) is 0.0706. The lowest BCUT2D eigenvalue weighted by Crippen LogP contribution is -2.49. The monoisotopic (exact) mass is 631 g/mol. The molecule has 2 amide bonds. The Balaban J connectivity index is 3.22. The van der Waals surface area contributed by atoms with Crippen LogP contribution in [0.15, 0.2) is 49.1 Å². The number of piperidine rings is 1. The lowest BCUT2D eigenvalue weighted by atomic mass is 9.86. The summed E-state index contributed by atoms with van der Waals surface area (Å²) in [5.74, 6) is -1.78. The van der Waals surface area contributed by atoms with E-state index in [1.165, 1.54) is 0 Å². The van der Waals surface area contributed by atoms with E-state index in [1.807, 2.05) is 26.0 Å². The highest BCUT2D eigenvalue weighted by Crippen LogP contribution is 2.39. The van der Waals surface area contributed by atoms with E-state index in [0.717, 1.165) is 5.57 Å². The fraction of sp³-hybridized carbons (Fsp3) is 0.657. The van der Waals surface area contributed by atoms with E-state index in [2.05, 4.69) is 52.3 Å². The van der Waals surface area contributed by atoms with E-state index < -0.39 is 26.3 Å². The molecule has 44 heavy (non-hydrogen) atoms. The maximum atomic E-state index is 13.4. The first-order valence-electron chi connectivity index (χ1n) is 15.8. The Morgan fingerprint density at radius 2 is 1.70 bits per heavy atom. The molecule has 1 heterocycles. The average Bonchev–Trinajstić information content (AvgIpc) is 2.92. The predicted octanol–water partition coefficient (Wildman–Crippen LogP) is 7.02. The van der Waals surface area contributed by atoms with Gasteiger partial charge in [0.2, 0.25) is 11.8 Å². The zero-order valence-corrected chi connectivity index (χ0v) is 29.6. The largest absolute Gasteiger partial charge is 0.457 e. The van der Waals surface area contributed by atoms with Crippen LogP contribution in [0.4, 0.5) is 0 Å². The molecule has 0 aromatic carbocycles. The first kappa shape index (κ1) is 39.4. The fourth-order valence-corrected chi connectivity index (χ4v) is 6.51. The van der Waals surface area contributed by atoms with Crippen LogP contribution in [-0.2, 0) is 33.1 Å². The van der Waals surface area contributed by atoms with E-state index in [-0.39, 0.29) is 59.5 Å². The number of allylic oxidation sites excluding steroid dienone is 2. The molecule has 0 spiro atoms. The number of carbonyl (C=O) groups is 4. The summed E-state index contributed by atoms with van der Waals surface area (Å²) in [6.45, 7) is 24.3. The number of Topliss-reactive ketones (excluding diaryl/α,β-unsaturated/α-hetero) is 1. The van der Waals surface area contributed by atoms with Crippen LogP contribution in [0.25, 0.3) is 0 Å². The predicted molar refractivity (Wildman–Crippen MR) is 178 cm³/mol. The van der Waals surface area contributed by atoms with Gasteiger partial charge in [0.15, 0.2) is 8.32 Å². The van der Waals surface area contributed by atoms with Crippen molar-refractivity contribution in [1.29, 1.82) is 0 Å². The van der Waals surface area contributed by atoms with E-state index in [9.17, 15) is 19.2 Å². The third kappa shape index (κ3) is 12.8. The van der Waals surface area contributed by atoms with Gasteiger partial charge in [-0.05, 0) is 55.8 Å². The molecule has 1 fully saturated rings. The van der Waals surface area contributed by atoms with Gasteiger partial charge in [0.1, 0.15) is 18.0 Å². The number of rotatable bonds is 19. The van der Waals surface area contributed by atoms with Crippen LogP contribution in [-0.4, -0.2) is 57.3 Å². The summed E-state index contributed by atoms with van der Waals surface area (Å²) in [7, 11) is -0.550. The Kier molecular flexibility index (Phi) is 16.5. The minimum atomic E-state index is -2.19. The van der Waals surface area contributed by atoms with Crippen LogP contribution in [0.5, 0.6) is 0 Å². The molecule has 0 bridgehead atoms. The number of imide groups is 1. The highest BCUT2D eigenvalue weighted by molar-refractivity contribution is 6.74. The van der Waals surface area contributed by atoms with Gasteiger partial charge in [-0.3, -0.25) is 24.5 Å². The molecule has 1 N–H and O–H groups in total. The number of amides is 2. The second-order valence-electron chi connectivity index (χ2n) is 13.6. The first-order valence-corrected chi connectivity index (χ1v) is 18.7. The van der Waals surface area contributed by atoms with Crippen LogP contribution >= 0.6 is 0 Å². The summed E-state index contributed by atoms with van der Waals surface area (Å²) in [5.41, 5.74) is 0.763.